The third kappa shape index (κ3) is 2.04. The highest BCUT2D eigenvalue weighted by Gasteiger charge is 2.35. The lowest BCUT2D eigenvalue weighted by molar-refractivity contribution is 0.224. The summed E-state index contributed by atoms with van der Waals surface area (Å²) in [5.74, 6) is 3.41. The van der Waals surface area contributed by atoms with Crippen molar-refractivity contribution < 1.29 is 0 Å². The van der Waals surface area contributed by atoms with Crippen molar-refractivity contribution in [2.24, 2.45) is 23.7 Å². The lowest BCUT2D eigenvalue weighted by atomic mass is 9.64. The highest BCUT2D eigenvalue weighted by Crippen LogP contribution is 2.46. The highest BCUT2D eigenvalue weighted by atomic mass is 14.4. The van der Waals surface area contributed by atoms with Crippen LogP contribution in [0.2, 0.25) is 0 Å². The van der Waals surface area contributed by atoms with Crippen LogP contribution in [-0.4, -0.2) is 0 Å². The fourth-order valence-electron chi connectivity index (χ4n) is 3.45. The average Bonchev–Trinajstić information content (AvgIpc) is 2.17. The molecule has 0 radical (unpaired) electrons. The van der Waals surface area contributed by atoms with Crippen LogP contribution >= 0.6 is 0 Å². The van der Waals surface area contributed by atoms with Gasteiger partial charge >= 0.3 is 0 Å². The first-order chi connectivity index (χ1) is 7.09. The third-order valence-corrected chi connectivity index (χ3v) is 4.43. The molecule has 0 heteroatoms. The molecule has 0 spiro atoms. The second-order valence-corrected chi connectivity index (χ2v) is 5.85. The first kappa shape index (κ1) is 11.0. The topological polar surface area (TPSA) is 0 Å². The molecule has 1 saturated carbocycles. The summed E-state index contributed by atoms with van der Waals surface area (Å²) >= 11 is 0. The van der Waals surface area contributed by atoms with Crippen LogP contribution in [0.4, 0.5) is 0 Å². The van der Waals surface area contributed by atoms with Crippen LogP contribution in [0, 0.1) is 23.7 Å². The van der Waals surface area contributed by atoms with Crippen molar-refractivity contribution in [1.29, 1.82) is 0 Å². The molecule has 2 aliphatic rings. The summed E-state index contributed by atoms with van der Waals surface area (Å²) in [6.45, 7) is 11.3. The molecule has 15 heavy (non-hydrogen) atoms. The summed E-state index contributed by atoms with van der Waals surface area (Å²) in [5, 5.41) is 0. The maximum absolute atomic E-state index is 4.15. The summed E-state index contributed by atoms with van der Waals surface area (Å²) in [4.78, 5) is 0. The van der Waals surface area contributed by atoms with E-state index in [2.05, 4.69) is 33.4 Å². The van der Waals surface area contributed by atoms with Gasteiger partial charge in [-0.25, -0.2) is 0 Å². The molecule has 2 aliphatic carbocycles. The zero-order valence-corrected chi connectivity index (χ0v) is 10.4. The monoisotopic (exact) mass is 204 g/mol. The zero-order valence-electron chi connectivity index (χ0n) is 10.4. The SMILES string of the molecule is C=C1C=C2C(CC1)[C@@H](C)CC[C@H]2C(C)C. The second-order valence-electron chi connectivity index (χ2n) is 5.85. The van der Waals surface area contributed by atoms with Crippen molar-refractivity contribution in [1.82, 2.24) is 0 Å². The van der Waals surface area contributed by atoms with Gasteiger partial charge in [0.1, 0.15) is 0 Å². The summed E-state index contributed by atoms with van der Waals surface area (Å²) in [6.07, 6.45) is 7.83. The van der Waals surface area contributed by atoms with Crippen molar-refractivity contribution in [3.8, 4) is 0 Å². The minimum atomic E-state index is 0.803. The maximum Gasteiger partial charge on any atom is -0.0168 e. The van der Waals surface area contributed by atoms with Crippen molar-refractivity contribution in [3.63, 3.8) is 0 Å². The molecule has 0 aromatic rings. The predicted molar refractivity (Wildman–Crippen MR) is 66.7 cm³/mol. The maximum atomic E-state index is 4.15. The largest absolute Gasteiger partial charge is 0.0958 e. The Morgan fingerprint density at radius 3 is 2.67 bits per heavy atom. The summed E-state index contributed by atoms with van der Waals surface area (Å²) in [6, 6.07) is 0. The molecular formula is C15H24. The third-order valence-electron chi connectivity index (χ3n) is 4.43. The Morgan fingerprint density at radius 2 is 2.00 bits per heavy atom. The van der Waals surface area contributed by atoms with Gasteiger partial charge in [-0.05, 0) is 49.4 Å². The van der Waals surface area contributed by atoms with Crippen molar-refractivity contribution in [2.75, 3.05) is 0 Å². The molecule has 0 amide bonds. The van der Waals surface area contributed by atoms with E-state index in [1.54, 1.807) is 5.57 Å². The summed E-state index contributed by atoms with van der Waals surface area (Å²) in [5.41, 5.74) is 3.10. The quantitative estimate of drug-likeness (QED) is 0.586. The molecule has 1 fully saturated rings. The Balaban J connectivity index is 2.27. The normalized spacial score (nSPS) is 36.4. The van der Waals surface area contributed by atoms with Crippen LogP contribution in [0.15, 0.2) is 23.8 Å². The van der Waals surface area contributed by atoms with E-state index in [1.165, 1.54) is 31.3 Å². The van der Waals surface area contributed by atoms with Gasteiger partial charge in [0.15, 0.2) is 0 Å². The van der Waals surface area contributed by atoms with Gasteiger partial charge in [-0.1, -0.05) is 44.6 Å². The first-order valence-electron chi connectivity index (χ1n) is 6.49. The molecule has 0 aliphatic heterocycles. The zero-order chi connectivity index (χ0) is 11.0. The Morgan fingerprint density at radius 1 is 1.27 bits per heavy atom. The molecule has 0 N–H and O–H groups in total. The fourth-order valence-corrected chi connectivity index (χ4v) is 3.45. The highest BCUT2D eigenvalue weighted by molar-refractivity contribution is 5.30. The standard InChI is InChI=1S/C15H24/c1-10(2)13-8-6-12(4)14-7-5-11(3)9-15(13)14/h9-10,12-14H,3,5-8H2,1-2,4H3/t12-,13-,14?/m0/s1. The molecule has 2 rings (SSSR count). The van der Waals surface area contributed by atoms with Gasteiger partial charge in [-0.3, -0.25) is 0 Å². The molecule has 0 heterocycles. The molecule has 3 atom stereocenters. The lowest BCUT2D eigenvalue weighted by Crippen LogP contribution is -2.30. The van der Waals surface area contributed by atoms with E-state index in [9.17, 15) is 0 Å². The van der Waals surface area contributed by atoms with E-state index in [4.69, 9.17) is 0 Å². The van der Waals surface area contributed by atoms with Crippen LogP contribution in [0.25, 0.3) is 0 Å². The number of hydrogen-bond donors (Lipinski definition) is 0. The number of hydrogen-bond acceptors (Lipinski definition) is 0. The van der Waals surface area contributed by atoms with Gasteiger partial charge in [0.25, 0.3) is 0 Å². The molecule has 0 bridgehead atoms. The van der Waals surface area contributed by atoms with Gasteiger partial charge in [0.05, 0.1) is 0 Å². The molecule has 1 unspecified atom stereocenters. The van der Waals surface area contributed by atoms with Crippen molar-refractivity contribution in [2.45, 2.75) is 46.5 Å². The molecular weight excluding hydrogens is 180 g/mol. The molecule has 0 nitrogen and oxygen atoms in total. The van der Waals surface area contributed by atoms with Crippen LogP contribution in [0.5, 0.6) is 0 Å². The lowest BCUT2D eigenvalue weighted by Gasteiger charge is -2.41. The first-order valence-corrected chi connectivity index (χ1v) is 6.49. The summed E-state index contributed by atoms with van der Waals surface area (Å²) < 4.78 is 0. The average molecular weight is 204 g/mol. The van der Waals surface area contributed by atoms with Gasteiger partial charge in [0.2, 0.25) is 0 Å². The van der Waals surface area contributed by atoms with Gasteiger partial charge in [-0.15, -0.1) is 0 Å². The Labute approximate surface area is 94.5 Å². The minimum Gasteiger partial charge on any atom is -0.0958 e. The summed E-state index contributed by atoms with van der Waals surface area (Å²) in [7, 11) is 0. The van der Waals surface area contributed by atoms with Gasteiger partial charge < -0.3 is 0 Å². The van der Waals surface area contributed by atoms with Crippen LogP contribution in [0.1, 0.15) is 46.5 Å². The molecule has 0 saturated heterocycles. The van der Waals surface area contributed by atoms with Crippen LogP contribution in [-0.2, 0) is 0 Å². The fraction of sp³-hybridized carbons (Fsp3) is 0.733. The predicted octanol–water partition coefficient (Wildman–Crippen LogP) is 4.58. The number of fused-ring (bicyclic) bond motifs is 1. The Hall–Kier alpha value is -0.520. The Kier molecular flexibility index (Phi) is 3.04. The van der Waals surface area contributed by atoms with Crippen LogP contribution < -0.4 is 0 Å². The molecule has 0 aromatic heterocycles. The molecule has 84 valence electrons. The van der Waals surface area contributed by atoms with E-state index in [-0.39, 0.29) is 0 Å². The Bertz CT molecular complexity index is 282. The van der Waals surface area contributed by atoms with E-state index < -0.39 is 0 Å². The van der Waals surface area contributed by atoms with E-state index in [0.29, 0.717) is 0 Å². The smallest absolute Gasteiger partial charge is 0.0168 e. The number of rotatable bonds is 1. The van der Waals surface area contributed by atoms with Crippen molar-refractivity contribution in [3.05, 3.63) is 23.8 Å². The van der Waals surface area contributed by atoms with Crippen molar-refractivity contribution >= 4 is 0 Å². The second kappa shape index (κ2) is 4.15. The molecule has 0 aromatic carbocycles. The van der Waals surface area contributed by atoms with E-state index in [0.717, 1.165) is 23.7 Å². The number of allylic oxidation sites excluding steroid dienone is 3. The van der Waals surface area contributed by atoms with E-state index >= 15 is 0 Å². The van der Waals surface area contributed by atoms with Gasteiger partial charge in [0, 0.05) is 0 Å². The van der Waals surface area contributed by atoms with Gasteiger partial charge in [-0.2, -0.15) is 0 Å². The van der Waals surface area contributed by atoms with Crippen LogP contribution in [0.3, 0.4) is 0 Å². The van der Waals surface area contributed by atoms with E-state index in [1.807, 2.05) is 0 Å². The minimum absolute atomic E-state index is 0.803.